The normalized spacial score (nSPS) is 12.8. The van der Waals surface area contributed by atoms with E-state index >= 15 is 0 Å². The fourth-order valence-corrected chi connectivity index (χ4v) is 8.99. The molecule has 11 rings (SSSR count). The van der Waals surface area contributed by atoms with Gasteiger partial charge in [0.1, 0.15) is 11.2 Å². The van der Waals surface area contributed by atoms with Gasteiger partial charge in [-0.05, 0) is 86.5 Å². The number of hydrogen-bond donors (Lipinski definition) is 0. The summed E-state index contributed by atoms with van der Waals surface area (Å²) in [6.45, 7) is 4.65. The summed E-state index contributed by atoms with van der Waals surface area (Å²) in [5.41, 5.74) is 18.3. The summed E-state index contributed by atoms with van der Waals surface area (Å²) in [4.78, 5) is 10.6. The quantitative estimate of drug-likeness (QED) is 0.170. The average molecular weight is 743 g/mol. The topological polar surface area (TPSA) is 38.9 Å². The molecule has 58 heavy (non-hydrogen) atoms. The highest BCUT2D eigenvalue weighted by atomic mass is 16.3. The molecule has 0 radical (unpaired) electrons. The summed E-state index contributed by atoms with van der Waals surface area (Å²) >= 11 is 0. The Bertz CT molecular complexity index is 3190. The molecule has 274 valence electrons. The number of fused-ring (bicyclic) bond motifs is 6. The molecule has 8 aromatic carbocycles. The van der Waals surface area contributed by atoms with E-state index in [2.05, 4.69) is 178 Å². The fraction of sp³-hybridized carbons (Fsp3) is 0.0545. The van der Waals surface area contributed by atoms with Gasteiger partial charge in [0.2, 0.25) is 0 Å². The number of rotatable bonds is 6. The van der Waals surface area contributed by atoms with E-state index in [1.54, 1.807) is 0 Å². The standard InChI is InChI=1S/C55H38N2O/c1-55(2)48-26-13-11-22-44(48)45-29-28-37(33-49(45)55)50-34-51(57-54(56-50)36-18-7-4-8-19-36)40-31-38(42-21-10-9-20-41(42)35-16-5-3-6-17-35)30-39(32-40)43-24-15-25-47-46-23-12-14-27-52(46)58-53(43)47/h3-34H,1-2H3. The van der Waals surface area contributed by atoms with Crippen molar-refractivity contribution in [1.29, 1.82) is 0 Å². The Kier molecular flexibility index (Phi) is 7.84. The van der Waals surface area contributed by atoms with E-state index in [1.165, 1.54) is 33.4 Å². The minimum Gasteiger partial charge on any atom is -0.455 e. The third-order valence-corrected chi connectivity index (χ3v) is 11.9. The molecular weight excluding hydrogens is 705 g/mol. The van der Waals surface area contributed by atoms with Gasteiger partial charge in [0.15, 0.2) is 5.82 Å². The Morgan fingerprint density at radius 3 is 1.69 bits per heavy atom. The molecule has 0 atom stereocenters. The molecule has 1 aliphatic rings. The molecule has 0 saturated carbocycles. The largest absolute Gasteiger partial charge is 0.455 e. The van der Waals surface area contributed by atoms with Gasteiger partial charge in [0.25, 0.3) is 0 Å². The fourth-order valence-electron chi connectivity index (χ4n) is 8.99. The molecule has 0 saturated heterocycles. The molecule has 0 fully saturated rings. The van der Waals surface area contributed by atoms with Gasteiger partial charge in [-0.15, -0.1) is 0 Å². The molecule has 0 amide bonds. The third kappa shape index (κ3) is 5.58. The SMILES string of the molecule is CC1(C)c2ccccc2-c2ccc(-c3cc(-c4cc(-c5ccccc5-c5ccccc5)cc(-c5cccc6c5oc5ccccc56)c4)nc(-c4ccccc4)n3)cc21. The predicted octanol–water partition coefficient (Wildman–Crippen LogP) is 14.7. The van der Waals surface area contributed by atoms with Crippen LogP contribution >= 0.6 is 0 Å². The van der Waals surface area contributed by atoms with Gasteiger partial charge in [-0.25, -0.2) is 9.97 Å². The molecule has 0 aliphatic heterocycles. The summed E-state index contributed by atoms with van der Waals surface area (Å²) < 4.78 is 6.63. The van der Waals surface area contributed by atoms with Crippen LogP contribution < -0.4 is 0 Å². The molecule has 3 nitrogen and oxygen atoms in total. The maximum absolute atomic E-state index is 6.63. The van der Waals surface area contributed by atoms with Crippen LogP contribution in [0.3, 0.4) is 0 Å². The van der Waals surface area contributed by atoms with Crippen LogP contribution in [0.2, 0.25) is 0 Å². The Balaban J connectivity index is 1.15. The monoisotopic (exact) mass is 742 g/mol. The van der Waals surface area contributed by atoms with Crippen molar-refractivity contribution in [2.75, 3.05) is 0 Å². The lowest BCUT2D eigenvalue weighted by Gasteiger charge is -2.22. The van der Waals surface area contributed by atoms with E-state index in [4.69, 9.17) is 14.4 Å². The number of benzene rings is 8. The lowest BCUT2D eigenvalue weighted by Crippen LogP contribution is -2.14. The van der Waals surface area contributed by atoms with Crippen LogP contribution in [0.5, 0.6) is 0 Å². The van der Waals surface area contributed by atoms with Gasteiger partial charge in [0.05, 0.1) is 11.4 Å². The highest BCUT2D eigenvalue weighted by Crippen LogP contribution is 2.50. The first-order chi connectivity index (χ1) is 28.5. The van der Waals surface area contributed by atoms with Crippen molar-refractivity contribution in [1.82, 2.24) is 9.97 Å². The maximum Gasteiger partial charge on any atom is 0.160 e. The number of para-hydroxylation sites is 2. The number of furan rings is 1. The Morgan fingerprint density at radius 2 is 0.914 bits per heavy atom. The molecule has 2 aromatic heterocycles. The minimum absolute atomic E-state index is 0.132. The molecule has 0 N–H and O–H groups in total. The molecule has 0 spiro atoms. The van der Waals surface area contributed by atoms with Crippen LogP contribution in [0.15, 0.2) is 199 Å². The summed E-state index contributed by atoms with van der Waals surface area (Å²) in [6.07, 6.45) is 0. The zero-order valence-electron chi connectivity index (χ0n) is 32.3. The lowest BCUT2D eigenvalue weighted by molar-refractivity contribution is 0.660. The van der Waals surface area contributed by atoms with Crippen molar-refractivity contribution >= 4 is 21.9 Å². The van der Waals surface area contributed by atoms with Crippen molar-refractivity contribution in [3.8, 4) is 78.4 Å². The summed E-state index contributed by atoms with van der Waals surface area (Å²) in [7, 11) is 0. The van der Waals surface area contributed by atoms with Crippen molar-refractivity contribution in [2.24, 2.45) is 0 Å². The van der Waals surface area contributed by atoms with Gasteiger partial charge in [-0.3, -0.25) is 0 Å². The third-order valence-electron chi connectivity index (χ3n) is 11.9. The van der Waals surface area contributed by atoms with E-state index in [1.807, 2.05) is 30.3 Å². The van der Waals surface area contributed by atoms with Gasteiger partial charge in [-0.1, -0.05) is 172 Å². The average Bonchev–Trinajstić information content (AvgIpc) is 3.78. The zero-order chi connectivity index (χ0) is 38.8. The van der Waals surface area contributed by atoms with Crippen molar-refractivity contribution < 1.29 is 4.42 Å². The summed E-state index contributed by atoms with van der Waals surface area (Å²) in [5.74, 6) is 0.687. The van der Waals surface area contributed by atoms with E-state index in [0.29, 0.717) is 5.82 Å². The molecular formula is C55H38N2O. The lowest BCUT2D eigenvalue weighted by atomic mass is 9.82. The minimum atomic E-state index is -0.132. The van der Waals surface area contributed by atoms with Gasteiger partial charge < -0.3 is 4.42 Å². The van der Waals surface area contributed by atoms with Crippen LogP contribution in [0.25, 0.3) is 100 Å². The smallest absolute Gasteiger partial charge is 0.160 e. The Labute approximate surface area is 338 Å². The first kappa shape index (κ1) is 33.9. The first-order valence-corrected chi connectivity index (χ1v) is 19.9. The Hall–Kier alpha value is -7.36. The number of aromatic nitrogens is 2. The second kappa shape index (κ2) is 13.4. The van der Waals surface area contributed by atoms with Crippen molar-refractivity contribution in [3.63, 3.8) is 0 Å². The molecule has 10 aromatic rings. The molecule has 3 heteroatoms. The molecule has 0 unspecified atom stereocenters. The second-order valence-corrected chi connectivity index (χ2v) is 15.8. The van der Waals surface area contributed by atoms with Crippen LogP contribution in [0.1, 0.15) is 25.0 Å². The number of hydrogen-bond acceptors (Lipinski definition) is 3. The van der Waals surface area contributed by atoms with Crippen molar-refractivity contribution in [2.45, 2.75) is 19.3 Å². The Morgan fingerprint density at radius 1 is 0.362 bits per heavy atom. The van der Waals surface area contributed by atoms with Crippen LogP contribution in [-0.4, -0.2) is 9.97 Å². The van der Waals surface area contributed by atoms with E-state index in [0.717, 1.165) is 72.3 Å². The van der Waals surface area contributed by atoms with E-state index < -0.39 is 0 Å². The maximum atomic E-state index is 6.63. The summed E-state index contributed by atoms with van der Waals surface area (Å²) in [5, 5.41) is 2.21. The zero-order valence-corrected chi connectivity index (χ0v) is 32.3. The van der Waals surface area contributed by atoms with Crippen LogP contribution in [0, 0.1) is 0 Å². The molecule has 2 heterocycles. The van der Waals surface area contributed by atoms with E-state index in [-0.39, 0.29) is 5.41 Å². The number of nitrogens with zero attached hydrogens (tertiary/aromatic N) is 2. The van der Waals surface area contributed by atoms with Crippen molar-refractivity contribution in [3.05, 3.63) is 205 Å². The first-order valence-electron chi connectivity index (χ1n) is 19.9. The molecule has 0 bridgehead atoms. The van der Waals surface area contributed by atoms with Crippen LogP contribution in [0.4, 0.5) is 0 Å². The second-order valence-electron chi connectivity index (χ2n) is 15.8. The van der Waals surface area contributed by atoms with Gasteiger partial charge in [-0.2, -0.15) is 0 Å². The highest BCUT2D eigenvalue weighted by molar-refractivity contribution is 6.10. The summed E-state index contributed by atoms with van der Waals surface area (Å²) in [6, 6.07) is 69.0. The van der Waals surface area contributed by atoms with E-state index in [9.17, 15) is 0 Å². The predicted molar refractivity (Wildman–Crippen MR) is 239 cm³/mol. The van der Waals surface area contributed by atoms with Gasteiger partial charge >= 0.3 is 0 Å². The van der Waals surface area contributed by atoms with Crippen LogP contribution in [-0.2, 0) is 5.41 Å². The van der Waals surface area contributed by atoms with Gasteiger partial charge in [0, 0.05) is 38.4 Å². The highest BCUT2D eigenvalue weighted by Gasteiger charge is 2.35. The molecule has 1 aliphatic carbocycles.